The maximum absolute atomic E-state index is 6.11. The summed E-state index contributed by atoms with van der Waals surface area (Å²) in [4.78, 5) is 0. The third kappa shape index (κ3) is 2.70. The van der Waals surface area contributed by atoms with Crippen LogP contribution in [-0.2, 0) is 4.74 Å². The van der Waals surface area contributed by atoms with Crippen molar-refractivity contribution in [2.75, 3.05) is 14.2 Å². The van der Waals surface area contributed by atoms with Crippen molar-refractivity contribution < 1.29 is 9.47 Å². The molecule has 3 nitrogen and oxygen atoms in total. The van der Waals surface area contributed by atoms with Crippen LogP contribution < -0.4 is 10.5 Å². The number of hydrogen-bond acceptors (Lipinski definition) is 3. The van der Waals surface area contributed by atoms with Crippen molar-refractivity contribution in [1.82, 2.24) is 0 Å². The van der Waals surface area contributed by atoms with Crippen molar-refractivity contribution in [2.24, 2.45) is 5.73 Å². The summed E-state index contributed by atoms with van der Waals surface area (Å²) in [5.74, 6) is 0.834. The van der Waals surface area contributed by atoms with Crippen LogP contribution in [0, 0.1) is 0 Å². The summed E-state index contributed by atoms with van der Waals surface area (Å²) in [5.41, 5.74) is 6.79. The van der Waals surface area contributed by atoms with E-state index in [4.69, 9.17) is 15.2 Å². The van der Waals surface area contributed by atoms with Gasteiger partial charge in [0.25, 0.3) is 0 Å². The number of benzene rings is 1. The quantitative estimate of drug-likeness (QED) is 0.826. The average Bonchev–Trinajstić information content (AvgIpc) is 2.28. The monoisotopic (exact) mass is 209 g/mol. The predicted octanol–water partition coefficient (Wildman–Crippen LogP) is 2.12. The Bertz CT molecular complexity index is 306. The van der Waals surface area contributed by atoms with E-state index in [1.54, 1.807) is 14.2 Å². The lowest BCUT2D eigenvalue weighted by atomic mass is 9.92. The number of methoxy groups -OCH3 is 2. The molecule has 1 atom stereocenters. The van der Waals surface area contributed by atoms with E-state index in [2.05, 4.69) is 0 Å². The van der Waals surface area contributed by atoms with Gasteiger partial charge in [-0.1, -0.05) is 12.1 Å². The fourth-order valence-corrected chi connectivity index (χ4v) is 1.34. The Morgan fingerprint density at radius 2 is 1.67 bits per heavy atom. The molecule has 0 bridgehead atoms. The molecule has 0 aliphatic rings. The van der Waals surface area contributed by atoms with Gasteiger partial charge in [0.15, 0.2) is 0 Å². The molecule has 84 valence electrons. The van der Waals surface area contributed by atoms with Crippen molar-refractivity contribution in [3.05, 3.63) is 29.8 Å². The van der Waals surface area contributed by atoms with Gasteiger partial charge in [0.1, 0.15) is 5.75 Å². The van der Waals surface area contributed by atoms with Gasteiger partial charge < -0.3 is 15.2 Å². The first-order valence-electron chi connectivity index (χ1n) is 4.96. The smallest absolute Gasteiger partial charge is 0.118 e. The Morgan fingerprint density at radius 3 is 2.07 bits per heavy atom. The molecule has 0 aliphatic heterocycles. The number of hydrogen-bond donors (Lipinski definition) is 1. The Kier molecular flexibility index (Phi) is 3.72. The van der Waals surface area contributed by atoms with E-state index in [1.165, 1.54) is 0 Å². The minimum atomic E-state index is -0.366. The standard InChI is InChI=1S/C12H19NO2/c1-12(2,15-4)11(13)9-5-7-10(14-3)8-6-9/h5-8,11H,13H2,1-4H3. The van der Waals surface area contributed by atoms with E-state index < -0.39 is 0 Å². The molecule has 0 amide bonds. The zero-order chi connectivity index (χ0) is 11.5. The Hall–Kier alpha value is -1.06. The first-order valence-corrected chi connectivity index (χ1v) is 4.96. The summed E-state index contributed by atoms with van der Waals surface area (Å²) in [5, 5.41) is 0. The molecule has 0 spiro atoms. The van der Waals surface area contributed by atoms with Crippen LogP contribution in [0.4, 0.5) is 0 Å². The highest BCUT2D eigenvalue weighted by Crippen LogP contribution is 2.27. The summed E-state index contributed by atoms with van der Waals surface area (Å²) >= 11 is 0. The lowest BCUT2D eigenvalue weighted by Gasteiger charge is -2.30. The highest BCUT2D eigenvalue weighted by Gasteiger charge is 2.27. The van der Waals surface area contributed by atoms with Gasteiger partial charge >= 0.3 is 0 Å². The third-order valence-electron chi connectivity index (χ3n) is 2.75. The highest BCUT2D eigenvalue weighted by atomic mass is 16.5. The highest BCUT2D eigenvalue weighted by molar-refractivity contribution is 5.30. The minimum Gasteiger partial charge on any atom is -0.497 e. The van der Waals surface area contributed by atoms with Crippen molar-refractivity contribution in [2.45, 2.75) is 25.5 Å². The second kappa shape index (κ2) is 4.64. The van der Waals surface area contributed by atoms with Gasteiger partial charge in [0.05, 0.1) is 18.8 Å². The third-order valence-corrected chi connectivity index (χ3v) is 2.75. The molecule has 0 fully saturated rings. The Morgan fingerprint density at radius 1 is 1.13 bits per heavy atom. The van der Waals surface area contributed by atoms with Gasteiger partial charge in [-0.05, 0) is 31.5 Å². The van der Waals surface area contributed by atoms with Gasteiger partial charge in [-0.15, -0.1) is 0 Å². The molecule has 15 heavy (non-hydrogen) atoms. The maximum Gasteiger partial charge on any atom is 0.118 e. The van der Waals surface area contributed by atoms with Crippen LogP contribution in [0.15, 0.2) is 24.3 Å². The molecule has 0 saturated carbocycles. The first kappa shape index (κ1) is 12.0. The zero-order valence-corrected chi connectivity index (χ0v) is 9.78. The fraction of sp³-hybridized carbons (Fsp3) is 0.500. The summed E-state index contributed by atoms with van der Waals surface area (Å²) in [7, 11) is 3.32. The van der Waals surface area contributed by atoms with Crippen molar-refractivity contribution in [3.63, 3.8) is 0 Å². The van der Waals surface area contributed by atoms with Crippen LogP contribution in [0.1, 0.15) is 25.5 Å². The van der Waals surface area contributed by atoms with Crippen LogP contribution >= 0.6 is 0 Å². The molecule has 1 aromatic rings. The molecule has 1 unspecified atom stereocenters. The van der Waals surface area contributed by atoms with Crippen molar-refractivity contribution in [3.8, 4) is 5.75 Å². The summed E-state index contributed by atoms with van der Waals surface area (Å²) in [6.45, 7) is 3.95. The van der Waals surface area contributed by atoms with Crippen LogP contribution in [0.3, 0.4) is 0 Å². The molecule has 1 rings (SSSR count). The number of nitrogens with two attached hydrogens (primary N) is 1. The number of ether oxygens (including phenoxy) is 2. The minimum absolute atomic E-state index is 0.145. The molecule has 2 N–H and O–H groups in total. The first-order chi connectivity index (χ1) is 7.01. The summed E-state index contributed by atoms with van der Waals surface area (Å²) in [6, 6.07) is 7.59. The average molecular weight is 209 g/mol. The molecule has 0 saturated heterocycles. The maximum atomic E-state index is 6.11. The molecule has 1 aromatic carbocycles. The molecule has 0 radical (unpaired) electrons. The van der Waals surface area contributed by atoms with Crippen molar-refractivity contribution >= 4 is 0 Å². The molecule has 3 heteroatoms. The zero-order valence-electron chi connectivity index (χ0n) is 9.78. The molecular formula is C12H19NO2. The lowest BCUT2D eigenvalue weighted by molar-refractivity contribution is -0.0000414. The predicted molar refractivity (Wildman–Crippen MR) is 61.0 cm³/mol. The second-order valence-corrected chi connectivity index (χ2v) is 4.06. The Balaban J connectivity index is 2.87. The summed E-state index contributed by atoms with van der Waals surface area (Å²) in [6.07, 6.45) is 0. The topological polar surface area (TPSA) is 44.5 Å². The molecule has 0 heterocycles. The second-order valence-electron chi connectivity index (χ2n) is 4.06. The molecule has 0 aliphatic carbocycles. The normalized spacial score (nSPS) is 13.7. The van der Waals surface area contributed by atoms with Crippen LogP contribution in [0.2, 0.25) is 0 Å². The van der Waals surface area contributed by atoms with Gasteiger partial charge in [-0.2, -0.15) is 0 Å². The van der Waals surface area contributed by atoms with Crippen molar-refractivity contribution in [1.29, 1.82) is 0 Å². The van der Waals surface area contributed by atoms with Crippen LogP contribution in [0.5, 0.6) is 5.75 Å². The van der Waals surface area contributed by atoms with Gasteiger partial charge in [0.2, 0.25) is 0 Å². The van der Waals surface area contributed by atoms with E-state index in [1.807, 2.05) is 38.1 Å². The summed E-state index contributed by atoms with van der Waals surface area (Å²) < 4.78 is 10.4. The number of rotatable bonds is 4. The van der Waals surface area contributed by atoms with Gasteiger partial charge in [-0.25, -0.2) is 0 Å². The van der Waals surface area contributed by atoms with Crippen LogP contribution in [0.25, 0.3) is 0 Å². The van der Waals surface area contributed by atoms with E-state index >= 15 is 0 Å². The van der Waals surface area contributed by atoms with E-state index in [-0.39, 0.29) is 11.6 Å². The molecular weight excluding hydrogens is 190 g/mol. The lowest BCUT2D eigenvalue weighted by Crippen LogP contribution is -2.37. The van der Waals surface area contributed by atoms with E-state index in [9.17, 15) is 0 Å². The van der Waals surface area contributed by atoms with Crippen LogP contribution in [-0.4, -0.2) is 19.8 Å². The van der Waals surface area contributed by atoms with Gasteiger partial charge in [0, 0.05) is 7.11 Å². The van der Waals surface area contributed by atoms with E-state index in [0.29, 0.717) is 0 Å². The van der Waals surface area contributed by atoms with E-state index in [0.717, 1.165) is 11.3 Å². The molecule has 0 aromatic heterocycles. The Labute approximate surface area is 91.2 Å². The largest absolute Gasteiger partial charge is 0.497 e. The SMILES string of the molecule is COc1ccc(C(N)C(C)(C)OC)cc1. The fourth-order valence-electron chi connectivity index (χ4n) is 1.34. The van der Waals surface area contributed by atoms with Gasteiger partial charge in [-0.3, -0.25) is 0 Å².